The van der Waals surface area contributed by atoms with Gasteiger partial charge in [0.05, 0.1) is 0 Å². The van der Waals surface area contributed by atoms with Gasteiger partial charge in [-0.2, -0.15) is 0 Å². The van der Waals surface area contributed by atoms with Crippen LogP contribution in [0, 0.1) is 5.92 Å². The first-order valence-electron chi connectivity index (χ1n) is 8.40. The molecule has 3 aliphatic rings. The van der Waals surface area contributed by atoms with Crippen LogP contribution >= 0.6 is 0 Å². The first kappa shape index (κ1) is 12.6. The molecule has 2 aliphatic heterocycles. The maximum Gasteiger partial charge on any atom is 0.0288 e. The van der Waals surface area contributed by atoms with Gasteiger partial charge in [-0.15, -0.1) is 0 Å². The van der Waals surface area contributed by atoms with E-state index in [1.165, 1.54) is 50.5 Å². The minimum Gasteiger partial charge on any atom is -0.289 e. The molecule has 2 unspecified atom stereocenters. The lowest BCUT2D eigenvalue weighted by Gasteiger charge is -2.35. The molecule has 106 valence electrons. The third-order valence-electron chi connectivity index (χ3n) is 5.66. The molecule has 4 rings (SSSR count). The summed E-state index contributed by atoms with van der Waals surface area (Å²) >= 11 is 0. The second kappa shape index (κ2) is 5.37. The van der Waals surface area contributed by atoms with Crippen molar-refractivity contribution in [2.24, 2.45) is 5.92 Å². The van der Waals surface area contributed by atoms with Crippen molar-refractivity contribution in [3.8, 4) is 0 Å². The summed E-state index contributed by atoms with van der Waals surface area (Å²) in [7, 11) is 0. The number of fused-ring (bicyclic) bond motifs is 2. The highest BCUT2D eigenvalue weighted by atomic mass is 15.2. The van der Waals surface area contributed by atoms with Crippen LogP contribution in [0.2, 0.25) is 0 Å². The molecule has 2 fully saturated rings. The SMILES string of the molecule is C1=C(C2CCCC2)CC2CCC1N2Cc1ccccc1. The van der Waals surface area contributed by atoms with Gasteiger partial charge in [0.25, 0.3) is 0 Å². The molecular weight excluding hydrogens is 242 g/mol. The maximum atomic E-state index is 2.76. The Kier molecular flexibility index (Phi) is 3.39. The third kappa shape index (κ3) is 2.33. The van der Waals surface area contributed by atoms with Crippen LogP contribution in [0.3, 0.4) is 0 Å². The number of rotatable bonds is 3. The third-order valence-corrected chi connectivity index (χ3v) is 5.66. The maximum absolute atomic E-state index is 2.76. The fraction of sp³-hybridized carbons (Fsp3) is 0.579. The molecule has 1 saturated carbocycles. The largest absolute Gasteiger partial charge is 0.289 e. The highest BCUT2D eigenvalue weighted by Gasteiger charge is 2.38. The molecule has 0 radical (unpaired) electrons. The van der Waals surface area contributed by atoms with Gasteiger partial charge in [-0.1, -0.05) is 54.8 Å². The minimum absolute atomic E-state index is 0.726. The lowest BCUT2D eigenvalue weighted by molar-refractivity contribution is 0.190. The van der Waals surface area contributed by atoms with E-state index < -0.39 is 0 Å². The summed E-state index contributed by atoms with van der Waals surface area (Å²) in [5, 5.41) is 0. The van der Waals surface area contributed by atoms with Gasteiger partial charge in [-0.25, -0.2) is 0 Å². The van der Waals surface area contributed by atoms with Gasteiger partial charge in [0.1, 0.15) is 0 Å². The Morgan fingerprint density at radius 3 is 2.50 bits per heavy atom. The van der Waals surface area contributed by atoms with Crippen LogP contribution in [0.5, 0.6) is 0 Å². The molecule has 2 heterocycles. The fourth-order valence-corrected chi connectivity index (χ4v) is 4.59. The Morgan fingerprint density at radius 2 is 1.75 bits per heavy atom. The molecule has 0 N–H and O–H groups in total. The van der Waals surface area contributed by atoms with E-state index in [1.54, 1.807) is 0 Å². The number of hydrogen-bond donors (Lipinski definition) is 0. The van der Waals surface area contributed by atoms with Crippen LogP contribution in [0.1, 0.15) is 50.5 Å². The average Bonchev–Trinajstić information content (AvgIpc) is 3.08. The van der Waals surface area contributed by atoms with Gasteiger partial charge < -0.3 is 0 Å². The van der Waals surface area contributed by atoms with Crippen molar-refractivity contribution < 1.29 is 0 Å². The zero-order valence-corrected chi connectivity index (χ0v) is 12.3. The van der Waals surface area contributed by atoms with Crippen molar-refractivity contribution in [1.29, 1.82) is 0 Å². The molecule has 1 aromatic carbocycles. The van der Waals surface area contributed by atoms with Gasteiger partial charge in [0, 0.05) is 18.6 Å². The predicted molar refractivity (Wildman–Crippen MR) is 83.5 cm³/mol. The lowest BCUT2D eigenvalue weighted by atomic mass is 9.89. The van der Waals surface area contributed by atoms with E-state index in [4.69, 9.17) is 0 Å². The molecule has 1 nitrogen and oxygen atoms in total. The van der Waals surface area contributed by atoms with Gasteiger partial charge in [0.15, 0.2) is 0 Å². The molecule has 1 heteroatoms. The van der Waals surface area contributed by atoms with Gasteiger partial charge in [0.2, 0.25) is 0 Å². The summed E-state index contributed by atoms with van der Waals surface area (Å²) in [6.45, 7) is 1.14. The van der Waals surface area contributed by atoms with Crippen molar-refractivity contribution in [1.82, 2.24) is 4.90 Å². The van der Waals surface area contributed by atoms with Crippen molar-refractivity contribution >= 4 is 0 Å². The van der Waals surface area contributed by atoms with E-state index in [-0.39, 0.29) is 0 Å². The zero-order valence-electron chi connectivity index (χ0n) is 12.3. The number of nitrogens with zero attached hydrogens (tertiary/aromatic N) is 1. The van der Waals surface area contributed by atoms with Crippen LogP contribution in [0.25, 0.3) is 0 Å². The van der Waals surface area contributed by atoms with E-state index in [2.05, 4.69) is 41.3 Å². The first-order chi connectivity index (χ1) is 9.90. The number of hydrogen-bond acceptors (Lipinski definition) is 1. The molecule has 2 atom stereocenters. The lowest BCUT2D eigenvalue weighted by Crippen LogP contribution is -2.38. The molecule has 0 aromatic heterocycles. The van der Waals surface area contributed by atoms with Crippen LogP contribution < -0.4 is 0 Å². The van der Waals surface area contributed by atoms with E-state index >= 15 is 0 Å². The Balaban J connectivity index is 1.50. The molecule has 1 saturated heterocycles. The molecule has 1 aliphatic carbocycles. The van der Waals surface area contributed by atoms with E-state index in [0.29, 0.717) is 0 Å². The van der Waals surface area contributed by atoms with Gasteiger partial charge in [-0.3, -0.25) is 4.90 Å². The summed E-state index contributed by atoms with van der Waals surface area (Å²) < 4.78 is 0. The van der Waals surface area contributed by atoms with E-state index in [9.17, 15) is 0 Å². The normalized spacial score (nSPS) is 30.7. The topological polar surface area (TPSA) is 3.24 Å². The quantitative estimate of drug-likeness (QED) is 0.727. The summed E-state index contributed by atoms with van der Waals surface area (Å²) in [6, 6.07) is 12.5. The molecule has 20 heavy (non-hydrogen) atoms. The van der Waals surface area contributed by atoms with Crippen LogP contribution in [-0.4, -0.2) is 17.0 Å². The van der Waals surface area contributed by atoms with E-state index in [0.717, 1.165) is 24.5 Å². The molecule has 0 spiro atoms. The molecule has 1 aromatic rings. The van der Waals surface area contributed by atoms with Crippen LogP contribution in [0.4, 0.5) is 0 Å². The Labute approximate surface area is 122 Å². The monoisotopic (exact) mass is 267 g/mol. The average molecular weight is 267 g/mol. The second-order valence-electron chi connectivity index (χ2n) is 6.88. The smallest absolute Gasteiger partial charge is 0.0288 e. The highest BCUT2D eigenvalue weighted by molar-refractivity contribution is 5.23. The molecule has 0 amide bonds. The predicted octanol–water partition coefficient (Wildman–Crippen LogP) is 4.54. The van der Waals surface area contributed by atoms with Crippen LogP contribution in [-0.2, 0) is 6.54 Å². The Hall–Kier alpha value is -1.08. The van der Waals surface area contributed by atoms with Crippen molar-refractivity contribution in [3.05, 3.63) is 47.5 Å². The highest BCUT2D eigenvalue weighted by Crippen LogP contribution is 2.42. The Morgan fingerprint density at radius 1 is 0.950 bits per heavy atom. The summed E-state index contributed by atoms with van der Waals surface area (Å²) in [5.74, 6) is 0.942. The summed E-state index contributed by atoms with van der Waals surface area (Å²) in [5.41, 5.74) is 3.29. The zero-order chi connectivity index (χ0) is 13.4. The molecular formula is C19H25N. The van der Waals surface area contributed by atoms with Crippen molar-refractivity contribution in [3.63, 3.8) is 0 Å². The Bertz CT molecular complexity index is 484. The van der Waals surface area contributed by atoms with Gasteiger partial charge in [-0.05, 0) is 43.6 Å². The first-order valence-corrected chi connectivity index (χ1v) is 8.40. The standard InChI is InChI=1S/C19H25N/c1-2-6-15(7-3-1)14-20-18-10-11-19(20)13-17(12-18)16-8-4-5-9-16/h1-3,6-7,12,16,18-19H,4-5,8-11,13-14H2. The molecule has 2 bridgehead atoms. The summed E-state index contributed by atoms with van der Waals surface area (Å²) in [6.07, 6.45) is 12.7. The number of benzene rings is 1. The van der Waals surface area contributed by atoms with Gasteiger partial charge >= 0.3 is 0 Å². The van der Waals surface area contributed by atoms with E-state index in [1.807, 2.05) is 5.57 Å². The van der Waals surface area contributed by atoms with Crippen molar-refractivity contribution in [2.75, 3.05) is 0 Å². The minimum atomic E-state index is 0.726. The second-order valence-corrected chi connectivity index (χ2v) is 6.88. The van der Waals surface area contributed by atoms with Crippen molar-refractivity contribution in [2.45, 2.75) is 63.6 Å². The fourth-order valence-electron chi connectivity index (χ4n) is 4.59. The van der Waals surface area contributed by atoms with Crippen LogP contribution in [0.15, 0.2) is 42.0 Å². The summed E-state index contributed by atoms with van der Waals surface area (Å²) in [4.78, 5) is 2.76.